The molecule has 0 aliphatic rings. The van der Waals surface area contributed by atoms with Crippen molar-refractivity contribution in [2.24, 2.45) is 0 Å². The van der Waals surface area contributed by atoms with Crippen molar-refractivity contribution >= 4 is 5.91 Å². The molecule has 1 amide bonds. The second-order valence-corrected chi connectivity index (χ2v) is 6.11. The minimum absolute atomic E-state index is 0.270. The van der Waals surface area contributed by atoms with Crippen molar-refractivity contribution in [3.63, 3.8) is 0 Å². The molecule has 3 aromatic rings. The number of rotatable bonds is 4. The number of benzene rings is 3. The Morgan fingerprint density at radius 3 is 2.18 bits per heavy atom. The van der Waals surface area contributed by atoms with Crippen LogP contribution >= 0.6 is 0 Å². The van der Waals surface area contributed by atoms with Gasteiger partial charge in [0.15, 0.2) is 0 Å². The number of amides is 1. The number of hydrogen-bond acceptors (Lipinski definition) is 2. The predicted molar refractivity (Wildman–Crippen MR) is 99.2 cm³/mol. The first kappa shape index (κ1) is 19.2. The van der Waals surface area contributed by atoms with E-state index in [1.165, 1.54) is 12.1 Å². The average Bonchev–Trinajstić information content (AvgIpc) is 2.72. The SMILES string of the molecule is N#Cc1ccc(CNC(=O)c2ccccc2-c2ccc(C(F)(F)F)cc2)cc1. The molecule has 0 unspecified atom stereocenters. The van der Waals surface area contributed by atoms with Crippen LogP contribution in [0.15, 0.2) is 72.8 Å². The maximum atomic E-state index is 12.8. The van der Waals surface area contributed by atoms with E-state index in [2.05, 4.69) is 5.32 Å². The van der Waals surface area contributed by atoms with Crippen molar-refractivity contribution < 1.29 is 18.0 Å². The molecule has 3 aromatic carbocycles. The summed E-state index contributed by atoms with van der Waals surface area (Å²) >= 11 is 0. The van der Waals surface area contributed by atoms with Gasteiger partial charge in [-0.2, -0.15) is 18.4 Å². The lowest BCUT2D eigenvalue weighted by Gasteiger charge is -2.12. The fourth-order valence-electron chi connectivity index (χ4n) is 2.75. The van der Waals surface area contributed by atoms with Crippen molar-refractivity contribution in [1.82, 2.24) is 5.32 Å². The van der Waals surface area contributed by atoms with Gasteiger partial charge in [0.25, 0.3) is 5.91 Å². The molecule has 0 bridgehead atoms. The topological polar surface area (TPSA) is 52.9 Å². The molecular formula is C22H15F3N2O. The van der Waals surface area contributed by atoms with Gasteiger partial charge in [0.1, 0.15) is 0 Å². The van der Waals surface area contributed by atoms with Crippen molar-refractivity contribution in [2.75, 3.05) is 0 Å². The summed E-state index contributed by atoms with van der Waals surface area (Å²) in [5, 5.41) is 11.6. The number of carbonyl (C=O) groups is 1. The van der Waals surface area contributed by atoms with Gasteiger partial charge in [0, 0.05) is 12.1 Å². The summed E-state index contributed by atoms with van der Waals surface area (Å²) in [7, 11) is 0. The highest BCUT2D eigenvalue weighted by Crippen LogP contribution is 2.31. The lowest BCUT2D eigenvalue weighted by molar-refractivity contribution is -0.137. The average molecular weight is 380 g/mol. The Labute approximate surface area is 160 Å². The molecule has 0 heterocycles. The second kappa shape index (κ2) is 7.97. The van der Waals surface area contributed by atoms with Gasteiger partial charge in [-0.1, -0.05) is 42.5 Å². The maximum Gasteiger partial charge on any atom is 0.416 e. The fourth-order valence-corrected chi connectivity index (χ4v) is 2.75. The molecule has 3 nitrogen and oxygen atoms in total. The first-order valence-electron chi connectivity index (χ1n) is 8.42. The molecule has 0 saturated carbocycles. The fraction of sp³-hybridized carbons (Fsp3) is 0.0909. The zero-order valence-corrected chi connectivity index (χ0v) is 14.6. The largest absolute Gasteiger partial charge is 0.416 e. The number of halogens is 3. The Kier molecular flexibility index (Phi) is 5.46. The molecule has 3 rings (SSSR count). The van der Waals surface area contributed by atoms with Gasteiger partial charge in [0.2, 0.25) is 0 Å². The van der Waals surface area contributed by atoms with Crippen LogP contribution in [0.2, 0.25) is 0 Å². The third kappa shape index (κ3) is 4.38. The molecular weight excluding hydrogens is 365 g/mol. The molecule has 0 aliphatic heterocycles. The highest BCUT2D eigenvalue weighted by atomic mass is 19.4. The normalized spacial score (nSPS) is 10.9. The van der Waals surface area contributed by atoms with E-state index in [0.29, 0.717) is 22.3 Å². The zero-order valence-electron chi connectivity index (χ0n) is 14.6. The highest BCUT2D eigenvalue weighted by molar-refractivity contribution is 6.00. The van der Waals surface area contributed by atoms with E-state index >= 15 is 0 Å². The summed E-state index contributed by atoms with van der Waals surface area (Å²) < 4.78 is 38.3. The molecule has 140 valence electrons. The number of nitrogens with one attached hydrogen (secondary N) is 1. The van der Waals surface area contributed by atoms with Crippen molar-refractivity contribution in [2.45, 2.75) is 12.7 Å². The number of nitrogens with zero attached hydrogens (tertiary/aromatic N) is 1. The van der Waals surface area contributed by atoms with E-state index in [1.807, 2.05) is 6.07 Å². The van der Waals surface area contributed by atoms with E-state index in [4.69, 9.17) is 5.26 Å². The van der Waals surface area contributed by atoms with Crippen molar-refractivity contribution in [3.05, 3.63) is 95.1 Å². The minimum atomic E-state index is -4.41. The summed E-state index contributed by atoms with van der Waals surface area (Å²) in [6.45, 7) is 0.270. The lowest BCUT2D eigenvalue weighted by atomic mass is 9.98. The molecule has 0 fully saturated rings. The van der Waals surface area contributed by atoms with E-state index in [-0.39, 0.29) is 12.5 Å². The summed E-state index contributed by atoms with van der Waals surface area (Å²) in [6, 6.07) is 20.3. The van der Waals surface area contributed by atoms with Gasteiger partial charge in [-0.25, -0.2) is 0 Å². The first-order chi connectivity index (χ1) is 13.4. The maximum absolute atomic E-state index is 12.8. The lowest BCUT2D eigenvalue weighted by Crippen LogP contribution is -2.23. The quantitative estimate of drug-likeness (QED) is 0.679. The molecule has 0 aliphatic carbocycles. The molecule has 0 spiro atoms. The summed E-state index contributed by atoms with van der Waals surface area (Å²) in [5.74, 6) is -0.333. The van der Waals surface area contributed by atoms with Crippen LogP contribution in [0.5, 0.6) is 0 Å². The molecule has 1 N–H and O–H groups in total. The first-order valence-corrected chi connectivity index (χ1v) is 8.42. The predicted octanol–water partition coefficient (Wildman–Crippen LogP) is 5.17. The van der Waals surface area contributed by atoms with Crippen molar-refractivity contribution in [3.8, 4) is 17.2 Å². The van der Waals surface area contributed by atoms with Crippen LogP contribution in [0.4, 0.5) is 13.2 Å². The summed E-state index contributed by atoms with van der Waals surface area (Å²) in [5.41, 5.74) is 2.07. The van der Waals surface area contributed by atoms with Crippen LogP contribution in [-0.2, 0) is 12.7 Å². The molecule has 0 radical (unpaired) electrons. The standard InChI is InChI=1S/C22H15F3N2O/c23-22(24,25)18-11-9-17(10-12-18)19-3-1-2-4-20(19)21(28)27-14-16-7-5-15(13-26)6-8-16/h1-12H,14H2,(H,27,28). The van der Waals surface area contributed by atoms with Gasteiger partial charge in [-0.05, 0) is 47.0 Å². The Balaban J connectivity index is 1.79. The third-order valence-electron chi connectivity index (χ3n) is 4.23. The second-order valence-electron chi connectivity index (χ2n) is 6.11. The number of alkyl halides is 3. The van der Waals surface area contributed by atoms with Crippen LogP contribution in [0, 0.1) is 11.3 Å². The van der Waals surface area contributed by atoms with Crippen LogP contribution in [0.3, 0.4) is 0 Å². The number of carbonyl (C=O) groups excluding carboxylic acids is 1. The molecule has 28 heavy (non-hydrogen) atoms. The van der Waals surface area contributed by atoms with E-state index in [9.17, 15) is 18.0 Å². The Bertz CT molecular complexity index is 1020. The van der Waals surface area contributed by atoms with Gasteiger partial charge < -0.3 is 5.32 Å². The van der Waals surface area contributed by atoms with Crippen molar-refractivity contribution in [1.29, 1.82) is 5.26 Å². The van der Waals surface area contributed by atoms with Crippen LogP contribution in [0.1, 0.15) is 27.0 Å². The van der Waals surface area contributed by atoms with E-state index in [0.717, 1.165) is 17.7 Å². The Morgan fingerprint density at radius 2 is 1.57 bits per heavy atom. The molecule has 0 atom stereocenters. The van der Waals surface area contributed by atoms with Crippen LogP contribution < -0.4 is 5.32 Å². The highest BCUT2D eigenvalue weighted by Gasteiger charge is 2.30. The third-order valence-corrected chi connectivity index (χ3v) is 4.23. The van der Waals surface area contributed by atoms with Gasteiger partial charge in [0.05, 0.1) is 17.2 Å². The zero-order chi connectivity index (χ0) is 20.1. The molecule has 0 saturated heterocycles. The molecule has 6 heteroatoms. The monoisotopic (exact) mass is 380 g/mol. The van der Waals surface area contributed by atoms with Crippen LogP contribution in [-0.4, -0.2) is 5.91 Å². The number of hydrogen-bond donors (Lipinski definition) is 1. The minimum Gasteiger partial charge on any atom is -0.348 e. The van der Waals surface area contributed by atoms with E-state index in [1.54, 1.807) is 48.5 Å². The summed E-state index contributed by atoms with van der Waals surface area (Å²) in [4.78, 5) is 12.6. The smallest absolute Gasteiger partial charge is 0.348 e. The van der Waals surface area contributed by atoms with E-state index < -0.39 is 11.7 Å². The van der Waals surface area contributed by atoms with Crippen LogP contribution in [0.25, 0.3) is 11.1 Å². The number of nitriles is 1. The Hall–Kier alpha value is -3.59. The van der Waals surface area contributed by atoms with Gasteiger partial charge in [-0.3, -0.25) is 4.79 Å². The van der Waals surface area contributed by atoms with Gasteiger partial charge >= 0.3 is 6.18 Å². The Morgan fingerprint density at radius 1 is 0.929 bits per heavy atom. The summed E-state index contributed by atoms with van der Waals surface area (Å²) in [6.07, 6.45) is -4.41. The molecule has 0 aromatic heterocycles. The van der Waals surface area contributed by atoms with Gasteiger partial charge in [-0.15, -0.1) is 0 Å².